The molecule has 3 heterocycles. The third-order valence-corrected chi connectivity index (χ3v) is 6.42. The largest absolute Gasteiger partial charge is 0.357 e. The molecule has 9 nitrogen and oxygen atoms in total. The first kappa shape index (κ1) is 16.7. The van der Waals surface area contributed by atoms with E-state index in [1.807, 2.05) is 0 Å². The number of carbonyl (C=O) groups excluding carboxylic acids is 1. The topological polar surface area (TPSA) is 102 Å². The molecule has 1 atom stereocenters. The molecule has 1 amide bonds. The molecule has 1 aliphatic heterocycles. The molecule has 2 aromatic heterocycles. The van der Waals surface area contributed by atoms with Crippen LogP contribution >= 0.6 is 0 Å². The van der Waals surface area contributed by atoms with E-state index in [1.165, 1.54) is 11.4 Å². The lowest BCUT2D eigenvalue weighted by atomic mass is 10.2. The molecule has 0 saturated heterocycles. The average molecular weight is 352 g/mol. The van der Waals surface area contributed by atoms with Crippen molar-refractivity contribution in [3.05, 3.63) is 29.3 Å². The Labute approximate surface area is 140 Å². The van der Waals surface area contributed by atoms with Crippen molar-refractivity contribution < 1.29 is 13.2 Å². The number of hydrogen-bond acceptors (Lipinski definition) is 5. The predicted octanol–water partition coefficient (Wildman–Crippen LogP) is -0.275. The molecule has 0 spiro atoms. The summed E-state index contributed by atoms with van der Waals surface area (Å²) in [7, 11) is -0.538. The van der Waals surface area contributed by atoms with Gasteiger partial charge < -0.3 is 5.32 Å². The van der Waals surface area contributed by atoms with Crippen molar-refractivity contribution >= 4 is 15.9 Å². The summed E-state index contributed by atoms with van der Waals surface area (Å²) in [6.45, 7) is 3.59. The van der Waals surface area contributed by atoms with Crippen molar-refractivity contribution in [3.63, 3.8) is 0 Å². The number of rotatable bonds is 3. The number of likely N-dealkylation sites (N-methyl/N-ethyl adjacent to an activating group) is 1. The zero-order valence-electron chi connectivity index (χ0n) is 14.0. The maximum absolute atomic E-state index is 13.1. The molecule has 0 bridgehead atoms. The van der Waals surface area contributed by atoms with Crippen LogP contribution < -0.4 is 5.32 Å². The second-order valence-electron chi connectivity index (χ2n) is 5.82. The highest BCUT2D eigenvalue weighted by molar-refractivity contribution is 7.89. The van der Waals surface area contributed by atoms with E-state index in [4.69, 9.17) is 0 Å². The predicted molar refractivity (Wildman–Crippen MR) is 85.6 cm³/mol. The first-order valence-corrected chi connectivity index (χ1v) is 8.95. The van der Waals surface area contributed by atoms with Crippen LogP contribution in [0.3, 0.4) is 0 Å². The summed E-state index contributed by atoms with van der Waals surface area (Å²) < 4.78 is 30.7. The van der Waals surface area contributed by atoms with Gasteiger partial charge in [0.05, 0.1) is 23.6 Å². The fraction of sp³-hybridized carbons (Fsp3) is 0.500. The van der Waals surface area contributed by atoms with Crippen LogP contribution in [-0.2, 0) is 28.4 Å². The minimum Gasteiger partial charge on any atom is -0.357 e. The summed E-state index contributed by atoms with van der Waals surface area (Å²) in [5, 5.41) is 10.9. The highest BCUT2D eigenvalue weighted by atomic mass is 32.2. The van der Waals surface area contributed by atoms with Crippen molar-refractivity contribution in [2.75, 3.05) is 13.6 Å². The van der Waals surface area contributed by atoms with Crippen molar-refractivity contribution in [1.29, 1.82) is 0 Å². The van der Waals surface area contributed by atoms with Gasteiger partial charge in [-0.15, -0.1) is 0 Å². The molecule has 1 unspecified atom stereocenters. The molecular weight excluding hydrogens is 332 g/mol. The molecule has 10 heteroatoms. The molecule has 0 aliphatic carbocycles. The van der Waals surface area contributed by atoms with E-state index in [1.54, 1.807) is 42.5 Å². The molecule has 0 saturated carbocycles. The van der Waals surface area contributed by atoms with Gasteiger partial charge in [-0.3, -0.25) is 14.2 Å². The SMILES string of the molecule is CNC(=O)C1CN(S(=O)(=O)c2c(C)nn(C)c2C)Cc2ccnn21. The van der Waals surface area contributed by atoms with Crippen LogP contribution in [0.1, 0.15) is 23.1 Å². The minimum absolute atomic E-state index is 0.0322. The molecule has 0 fully saturated rings. The van der Waals surface area contributed by atoms with Gasteiger partial charge in [-0.05, 0) is 19.9 Å². The number of fused-ring (bicyclic) bond motifs is 1. The highest BCUT2D eigenvalue weighted by Gasteiger charge is 2.38. The van der Waals surface area contributed by atoms with Crippen LogP contribution in [0.2, 0.25) is 0 Å². The lowest BCUT2D eigenvalue weighted by Crippen LogP contribution is -2.46. The third-order valence-electron chi connectivity index (χ3n) is 4.35. The van der Waals surface area contributed by atoms with Crippen LogP contribution in [0, 0.1) is 13.8 Å². The van der Waals surface area contributed by atoms with Crippen molar-refractivity contribution in [2.24, 2.45) is 7.05 Å². The number of amides is 1. The number of aromatic nitrogens is 4. The van der Waals surface area contributed by atoms with Gasteiger partial charge in [-0.2, -0.15) is 14.5 Å². The van der Waals surface area contributed by atoms with Crippen LogP contribution in [0.4, 0.5) is 0 Å². The molecule has 1 aliphatic rings. The Balaban J connectivity index is 2.05. The zero-order valence-corrected chi connectivity index (χ0v) is 14.8. The maximum Gasteiger partial charge on any atom is 0.247 e. The van der Waals surface area contributed by atoms with E-state index in [2.05, 4.69) is 15.5 Å². The lowest BCUT2D eigenvalue weighted by molar-refractivity contribution is -0.124. The highest BCUT2D eigenvalue weighted by Crippen LogP contribution is 2.29. The van der Waals surface area contributed by atoms with Crippen LogP contribution in [0.5, 0.6) is 0 Å². The summed E-state index contributed by atoms with van der Waals surface area (Å²) in [4.78, 5) is 12.4. The molecule has 130 valence electrons. The van der Waals surface area contributed by atoms with Crippen LogP contribution in [-0.4, -0.2) is 51.8 Å². The number of nitrogens with one attached hydrogen (secondary N) is 1. The number of hydrogen-bond donors (Lipinski definition) is 1. The summed E-state index contributed by atoms with van der Waals surface area (Å²) in [5.74, 6) is -0.278. The lowest BCUT2D eigenvalue weighted by Gasteiger charge is -2.32. The molecule has 0 radical (unpaired) electrons. The van der Waals surface area contributed by atoms with Gasteiger partial charge in [-0.25, -0.2) is 8.42 Å². The standard InChI is InChI=1S/C14H20N6O3S/c1-9-13(10(2)18(4)17-9)24(22,23)19-7-11-5-6-16-20(11)12(8-19)14(21)15-3/h5-6,12H,7-8H2,1-4H3,(H,15,21). The van der Waals surface area contributed by atoms with Crippen molar-refractivity contribution in [3.8, 4) is 0 Å². The summed E-state index contributed by atoms with van der Waals surface area (Å²) >= 11 is 0. The van der Waals surface area contributed by atoms with Gasteiger partial charge >= 0.3 is 0 Å². The first-order chi connectivity index (χ1) is 11.3. The van der Waals surface area contributed by atoms with E-state index in [9.17, 15) is 13.2 Å². The monoisotopic (exact) mass is 352 g/mol. The smallest absolute Gasteiger partial charge is 0.247 e. The van der Waals surface area contributed by atoms with Crippen LogP contribution in [0.25, 0.3) is 0 Å². The molecular formula is C14H20N6O3S. The van der Waals surface area contributed by atoms with Crippen molar-refractivity contribution in [2.45, 2.75) is 31.3 Å². The van der Waals surface area contributed by atoms with E-state index in [0.717, 1.165) is 0 Å². The Hall–Kier alpha value is -2.20. The number of nitrogens with zero attached hydrogens (tertiary/aromatic N) is 5. The second kappa shape index (κ2) is 5.71. The Morgan fingerprint density at radius 3 is 2.67 bits per heavy atom. The van der Waals surface area contributed by atoms with Gasteiger partial charge in [-0.1, -0.05) is 0 Å². The van der Waals surface area contributed by atoms with Crippen LogP contribution in [0.15, 0.2) is 17.2 Å². The van der Waals surface area contributed by atoms with Crippen molar-refractivity contribution in [1.82, 2.24) is 29.2 Å². The third kappa shape index (κ3) is 2.42. The second-order valence-corrected chi connectivity index (χ2v) is 7.69. The van der Waals surface area contributed by atoms with E-state index in [0.29, 0.717) is 17.1 Å². The van der Waals surface area contributed by atoms with Gasteiger partial charge in [0.1, 0.15) is 10.9 Å². The number of sulfonamides is 1. The molecule has 1 N–H and O–H groups in total. The van der Waals surface area contributed by atoms with E-state index in [-0.39, 0.29) is 23.9 Å². The number of carbonyl (C=O) groups is 1. The summed E-state index contributed by atoms with van der Waals surface area (Å²) in [5.41, 5.74) is 1.70. The fourth-order valence-corrected chi connectivity index (χ4v) is 4.88. The summed E-state index contributed by atoms with van der Waals surface area (Å²) in [6.07, 6.45) is 1.57. The van der Waals surface area contributed by atoms with Gasteiger partial charge in [0.25, 0.3) is 0 Å². The zero-order chi connectivity index (χ0) is 17.6. The Kier molecular flexibility index (Phi) is 3.96. The summed E-state index contributed by atoms with van der Waals surface area (Å²) in [6, 6.07) is 1.03. The van der Waals surface area contributed by atoms with Gasteiger partial charge in [0.15, 0.2) is 0 Å². The normalized spacial score (nSPS) is 18.4. The van der Waals surface area contributed by atoms with E-state index < -0.39 is 16.1 Å². The molecule has 2 aromatic rings. The Morgan fingerprint density at radius 2 is 2.08 bits per heavy atom. The molecule has 3 rings (SSSR count). The molecule has 24 heavy (non-hydrogen) atoms. The fourth-order valence-electron chi connectivity index (χ4n) is 3.06. The Morgan fingerprint density at radius 1 is 1.38 bits per heavy atom. The molecule has 0 aromatic carbocycles. The quantitative estimate of drug-likeness (QED) is 0.819. The Bertz CT molecular complexity index is 898. The van der Waals surface area contributed by atoms with E-state index >= 15 is 0 Å². The number of aryl methyl sites for hydroxylation is 2. The van der Waals surface area contributed by atoms with Gasteiger partial charge in [0.2, 0.25) is 15.9 Å². The maximum atomic E-state index is 13.1. The first-order valence-electron chi connectivity index (χ1n) is 7.51. The average Bonchev–Trinajstić information content (AvgIpc) is 3.10. The minimum atomic E-state index is -3.77. The van der Waals surface area contributed by atoms with Gasteiger partial charge in [0, 0.05) is 26.8 Å².